The summed E-state index contributed by atoms with van der Waals surface area (Å²) in [5.41, 5.74) is 4.76. The highest BCUT2D eigenvalue weighted by Gasteiger charge is 2.31. The third-order valence-electron chi connectivity index (χ3n) is 5.71. The number of amides is 2. The van der Waals surface area contributed by atoms with E-state index in [2.05, 4.69) is 15.3 Å². The lowest BCUT2D eigenvalue weighted by Crippen LogP contribution is -2.31. The summed E-state index contributed by atoms with van der Waals surface area (Å²) in [5, 5.41) is 2.56. The fraction of sp³-hybridized carbons (Fsp3) is 0.280. The van der Waals surface area contributed by atoms with Crippen LogP contribution in [-0.2, 0) is 11.3 Å². The Kier molecular flexibility index (Phi) is 6.56. The number of nitrogens with zero attached hydrogens (tertiary/aromatic N) is 3. The van der Waals surface area contributed by atoms with Crippen LogP contribution in [0.3, 0.4) is 0 Å². The van der Waals surface area contributed by atoms with Gasteiger partial charge in [-0.2, -0.15) is 0 Å². The van der Waals surface area contributed by atoms with Crippen LogP contribution < -0.4 is 5.32 Å². The molecule has 4 rings (SSSR count). The monoisotopic (exact) mass is 430 g/mol. The molecule has 2 aromatic heterocycles. The van der Waals surface area contributed by atoms with Gasteiger partial charge < -0.3 is 15.0 Å². The maximum atomic E-state index is 13.1. The highest BCUT2D eigenvalue weighted by molar-refractivity contribution is 5.94. The Morgan fingerprint density at radius 3 is 2.34 bits per heavy atom. The van der Waals surface area contributed by atoms with Crippen LogP contribution in [0.5, 0.6) is 0 Å². The quantitative estimate of drug-likeness (QED) is 0.646. The van der Waals surface area contributed by atoms with Gasteiger partial charge in [0.15, 0.2) is 0 Å². The molecule has 0 radical (unpaired) electrons. The molecule has 164 valence electrons. The van der Waals surface area contributed by atoms with Gasteiger partial charge in [0.1, 0.15) is 5.69 Å². The van der Waals surface area contributed by atoms with Gasteiger partial charge in [0.05, 0.1) is 18.3 Å². The highest BCUT2D eigenvalue weighted by Crippen LogP contribution is 2.33. The fourth-order valence-electron chi connectivity index (χ4n) is 3.99. The Hall–Kier alpha value is -3.58. The summed E-state index contributed by atoms with van der Waals surface area (Å²) in [7, 11) is 3.23. The van der Waals surface area contributed by atoms with Crippen molar-refractivity contribution in [3.63, 3.8) is 0 Å². The van der Waals surface area contributed by atoms with Crippen molar-refractivity contribution in [2.45, 2.75) is 25.5 Å². The number of methoxy groups -OCH3 is 1. The van der Waals surface area contributed by atoms with Crippen LogP contribution in [0.4, 0.5) is 0 Å². The first-order valence-corrected chi connectivity index (χ1v) is 10.6. The topological polar surface area (TPSA) is 84.4 Å². The zero-order valence-electron chi connectivity index (χ0n) is 18.2. The first kappa shape index (κ1) is 21.6. The molecule has 1 aliphatic heterocycles. The van der Waals surface area contributed by atoms with Gasteiger partial charge >= 0.3 is 0 Å². The van der Waals surface area contributed by atoms with E-state index in [1.807, 2.05) is 47.4 Å². The zero-order valence-corrected chi connectivity index (χ0v) is 18.2. The average Bonchev–Trinajstić information content (AvgIpc) is 3.34. The van der Waals surface area contributed by atoms with Crippen LogP contribution in [0, 0.1) is 0 Å². The van der Waals surface area contributed by atoms with Crippen molar-refractivity contribution in [3.05, 3.63) is 83.4 Å². The Morgan fingerprint density at radius 2 is 1.75 bits per heavy atom. The van der Waals surface area contributed by atoms with E-state index in [0.717, 1.165) is 41.8 Å². The van der Waals surface area contributed by atoms with Crippen LogP contribution >= 0.6 is 0 Å². The number of benzene rings is 1. The minimum atomic E-state index is -0.218. The number of ether oxygens (including phenoxy) is 1. The summed E-state index contributed by atoms with van der Waals surface area (Å²) in [6.07, 6.45) is 5.31. The third-order valence-corrected chi connectivity index (χ3v) is 5.71. The lowest BCUT2D eigenvalue weighted by Gasteiger charge is -2.24. The van der Waals surface area contributed by atoms with Crippen molar-refractivity contribution in [1.29, 1.82) is 0 Å². The Labute approximate surface area is 187 Å². The van der Waals surface area contributed by atoms with Gasteiger partial charge in [0, 0.05) is 49.8 Å². The number of pyridine rings is 2. The number of hydrogen-bond donors (Lipinski definition) is 1. The van der Waals surface area contributed by atoms with E-state index in [9.17, 15) is 9.59 Å². The van der Waals surface area contributed by atoms with Crippen molar-refractivity contribution in [3.8, 4) is 11.1 Å². The number of likely N-dealkylation sites (tertiary alicyclic amines) is 1. The summed E-state index contributed by atoms with van der Waals surface area (Å²) >= 11 is 0. The maximum Gasteiger partial charge on any atom is 0.269 e. The van der Waals surface area contributed by atoms with E-state index < -0.39 is 0 Å². The minimum absolute atomic E-state index is 0.0244. The van der Waals surface area contributed by atoms with E-state index in [0.29, 0.717) is 17.9 Å². The molecule has 1 fully saturated rings. The largest absolute Gasteiger partial charge is 0.380 e. The number of carbonyl (C=O) groups is 2. The molecule has 1 atom stereocenters. The second kappa shape index (κ2) is 9.70. The van der Waals surface area contributed by atoms with Crippen LogP contribution in [-0.4, -0.2) is 47.4 Å². The van der Waals surface area contributed by atoms with Gasteiger partial charge in [-0.05, 0) is 42.7 Å². The zero-order chi connectivity index (χ0) is 22.5. The van der Waals surface area contributed by atoms with Gasteiger partial charge in [-0.25, -0.2) is 0 Å². The molecule has 0 saturated carbocycles. The third kappa shape index (κ3) is 4.53. The van der Waals surface area contributed by atoms with Crippen LogP contribution in [0.25, 0.3) is 11.1 Å². The molecule has 3 heterocycles. The maximum absolute atomic E-state index is 13.1. The van der Waals surface area contributed by atoms with Gasteiger partial charge in [-0.3, -0.25) is 19.6 Å². The molecule has 0 unspecified atom stereocenters. The van der Waals surface area contributed by atoms with Gasteiger partial charge in [0.2, 0.25) is 0 Å². The molecule has 7 heteroatoms. The lowest BCUT2D eigenvalue weighted by molar-refractivity contribution is 0.0732. The number of aromatic nitrogens is 2. The lowest BCUT2D eigenvalue weighted by atomic mass is 10.1. The molecule has 1 N–H and O–H groups in total. The van der Waals surface area contributed by atoms with Crippen LogP contribution in [0.2, 0.25) is 0 Å². The first-order chi connectivity index (χ1) is 15.6. The van der Waals surface area contributed by atoms with Crippen molar-refractivity contribution >= 4 is 11.8 Å². The fourth-order valence-corrected chi connectivity index (χ4v) is 3.99. The second-order valence-corrected chi connectivity index (χ2v) is 7.77. The van der Waals surface area contributed by atoms with Gasteiger partial charge in [-0.15, -0.1) is 0 Å². The standard InChI is InChI=1S/C25H26N4O3/c1-26-24(30)22-12-10-20(15-28-22)19-9-11-21(27-14-19)23-4-3-13-29(23)25(31)18-7-5-17(6-8-18)16-32-2/h5-12,14-15,23H,3-4,13,16H2,1-2H3,(H,26,30)/t23-/m0/s1. The smallest absolute Gasteiger partial charge is 0.269 e. The normalized spacial score (nSPS) is 15.6. The molecule has 0 aliphatic carbocycles. The number of carbonyl (C=O) groups excluding carboxylic acids is 2. The molecule has 7 nitrogen and oxygen atoms in total. The highest BCUT2D eigenvalue weighted by atomic mass is 16.5. The minimum Gasteiger partial charge on any atom is -0.380 e. The molecule has 3 aromatic rings. The summed E-state index contributed by atoms with van der Waals surface area (Å²) in [4.78, 5) is 35.6. The molecule has 1 saturated heterocycles. The second-order valence-electron chi connectivity index (χ2n) is 7.77. The Morgan fingerprint density at radius 1 is 1.03 bits per heavy atom. The van der Waals surface area contributed by atoms with E-state index in [1.54, 1.807) is 32.6 Å². The SMILES string of the molecule is CNC(=O)c1ccc(-c2ccc([C@@H]3CCCN3C(=O)c3ccc(COC)cc3)nc2)cn1. The van der Waals surface area contributed by atoms with Gasteiger partial charge in [0.25, 0.3) is 11.8 Å². The molecule has 1 aliphatic rings. The molecular formula is C25H26N4O3. The van der Waals surface area contributed by atoms with Crippen molar-refractivity contribution in [2.75, 3.05) is 20.7 Å². The number of hydrogen-bond acceptors (Lipinski definition) is 5. The van der Waals surface area contributed by atoms with E-state index >= 15 is 0 Å². The average molecular weight is 431 g/mol. The van der Waals surface area contributed by atoms with E-state index in [1.165, 1.54) is 0 Å². The van der Waals surface area contributed by atoms with Crippen molar-refractivity contribution in [2.24, 2.45) is 0 Å². The van der Waals surface area contributed by atoms with E-state index in [-0.39, 0.29) is 17.9 Å². The molecule has 32 heavy (non-hydrogen) atoms. The molecular weight excluding hydrogens is 404 g/mol. The Bertz CT molecular complexity index is 1080. The predicted octanol–water partition coefficient (Wildman–Crippen LogP) is 3.63. The molecule has 0 spiro atoms. The summed E-state index contributed by atoms with van der Waals surface area (Å²) in [5.74, 6) is -0.194. The van der Waals surface area contributed by atoms with Gasteiger partial charge in [-0.1, -0.05) is 24.3 Å². The number of nitrogens with one attached hydrogen (secondary N) is 1. The molecule has 0 bridgehead atoms. The first-order valence-electron chi connectivity index (χ1n) is 10.6. The molecule has 1 aromatic carbocycles. The van der Waals surface area contributed by atoms with Crippen molar-refractivity contribution in [1.82, 2.24) is 20.2 Å². The molecule has 2 amide bonds. The summed E-state index contributed by atoms with van der Waals surface area (Å²) < 4.78 is 5.14. The Balaban J connectivity index is 1.49. The van der Waals surface area contributed by atoms with Crippen molar-refractivity contribution < 1.29 is 14.3 Å². The van der Waals surface area contributed by atoms with E-state index in [4.69, 9.17) is 4.74 Å². The van der Waals surface area contributed by atoms with Crippen LogP contribution in [0.15, 0.2) is 60.9 Å². The summed E-state index contributed by atoms with van der Waals surface area (Å²) in [6, 6.07) is 15.0. The number of rotatable bonds is 6. The summed E-state index contributed by atoms with van der Waals surface area (Å²) in [6.45, 7) is 1.25. The van der Waals surface area contributed by atoms with Crippen LogP contribution in [0.1, 0.15) is 51.0 Å². The predicted molar refractivity (Wildman–Crippen MR) is 121 cm³/mol.